The minimum atomic E-state index is -3.67. The molecule has 0 amide bonds. The lowest BCUT2D eigenvalue weighted by molar-refractivity contribution is 0.0696. The molecule has 0 radical (unpaired) electrons. The topological polar surface area (TPSA) is 74.7 Å². The maximum Gasteiger partial charge on any atom is 0.335 e. The van der Waals surface area contributed by atoms with Gasteiger partial charge >= 0.3 is 5.97 Å². The van der Waals surface area contributed by atoms with Crippen LogP contribution in [0.1, 0.15) is 36.5 Å². The summed E-state index contributed by atoms with van der Waals surface area (Å²) in [5.74, 6) is -0.623. The monoisotopic (exact) mass is 375 g/mol. The number of carboxylic acids is 1. The SMILES string of the molecule is CC1CCCN(S(=O)(=O)c2cc(C(=O)O)ccc2Br)CC1. The van der Waals surface area contributed by atoms with Crippen molar-refractivity contribution in [2.45, 2.75) is 31.1 Å². The van der Waals surface area contributed by atoms with Crippen molar-refractivity contribution in [3.05, 3.63) is 28.2 Å². The van der Waals surface area contributed by atoms with Gasteiger partial charge in [0, 0.05) is 17.6 Å². The van der Waals surface area contributed by atoms with Gasteiger partial charge in [-0.3, -0.25) is 0 Å². The van der Waals surface area contributed by atoms with E-state index in [9.17, 15) is 13.2 Å². The Kier molecular flexibility index (Phi) is 5.06. The van der Waals surface area contributed by atoms with E-state index in [1.165, 1.54) is 22.5 Å². The second-order valence-corrected chi connectivity index (χ2v) is 8.15. The molecule has 0 aromatic heterocycles. The maximum atomic E-state index is 12.7. The smallest absolute Gasteiger partial charge is 0.335 e. The van der Waals surface area contributed by atoms with Crippen molar-refractivity contribution in [2.24, 2.45) is 5.92 Å². The van der Waals surface area contributed by atoms with Crippen molar-refractivity contribution in [1.82, 2.24) is 4.31 Å². The summed E-state index contributed by atoms with van der Waals surface area (Å²) in [5, 5.41) is 9.03. The van der Waals surface area contributed by atoms with Gasteiger partial charge in [-0.1, -0.05) is 6.92 Å². The number of aromatic carboxylic acids is 1. The fourth-order valence-corrected chi connectivity index (χ4v) is 4.89. The predicted molar refractivity (Wildman–Crippen MR) is 82.9 cm³/mol. The third-order valence-corrected chi connectivity index (χ3v) is 6.66. The molecule has 1 aliphatic rings. The van der Waals surface area contributed by atoms with Crippen LogP contribution in [0.4, 0.5) is 0 Å². The molecule has 0 aliphatic carbocycles. The van der Waals surface area contributed by atoms with Crippen LogP contribution in [-0.4, -0.2) is 36.9 Å². The number of sulfonamides is 1. The first-order valence-corrected chi connectivity index (χ1v) is 9.08. The predicted octanol–water partition coefficient (Wildman–Crippen LogP) is 2.96. The minimum Gasteiger partial charge on any atom is -0.478 e. The molecule has 7 heteroatoms. The average molecular weight is 376 g/mol. The molecular weight excluding hydrogens is 358 g/mol. The first-order chi connectivity index (χ1) is 9.82. The molecule has 1 saturated heterocycles. The van der Waals surface area contributed by atoms with E-state index in [-0.39, 0.29) is 10.5 Å². The van der Waals surface area contributed by atoms with Crippen LogP contribution in [0, 0.1) is 5.92 Å². The van der Waals surface area contributed by atoms with Crippen molar-refractivity contribution in [3.63, 3.8) is 0 Å². The zero-order valence-corrected chi connectivity index (χ0v) is 14.2. The lowest BCUT2D eigenvalue weighted by Crippen LogP contribution is -2.32. The summed E-state index contributed by atoms with van der Waals surface area (Å²) in [7, 11) is -3.67. The Labute approximate surface area is 133 Å². The molecule has 0 spiro atoms. The quantitative estimate of drug-likeness (QED) is 0.880. The number of nitrogens with zero attached hydrogens (tertiary/aromatic N) is 1. The van der Waals surface area contributed by atoms with Crippen LogP contribution in [0.2, 0.25) is 0 Å². The van der Waals surface area contributed by atoms with Crippen molar-refractivity contribution in [3.8, 4) is 0 Å². The van der Waals surface area contributed by atoms with Gasteiger partial charge in [0.2, 0.25) is 10.0 Å². The van der Waals surface area contributed by atoms with Gasteiger partial charge in [0.25, 0.3) is 0 Å². The van der Waals surface area contributed by atoms with Crippen LogP contribution >= 0.6 is 15.9 Å². The molecule has 0 saturated carbocycles. The van der Waals surface area contributed by atoms with Crippen LogP contribution in [0.25, 0.3) is 0 Å². The second-order valence-electron chi connectivity index (χ2n) is 5.39. The molecule has 1 atom stereocenters. The molecule has 2 rings (SSSR count). The molecule has 1 N–H and O–H groups in total. The highest BCUT2D eigenvalue weighted by molar-refractivity contribution is 9.10. The van der Waals surface area contributed by atoms with Crippen LogP contribution < -0.4 is 0 Å². The molecule has 1 fully saturated rings. The lowest BCUT2D eigenvalue weighted by atomic mass is 10.0. The standard InChI is InChI=1S/C14H18BrNO4S/c1-10-3-2-7-16(8-6-10)21(19,20)13-9-11(14(17)18)4-5-12(13)15/h4-5,9-10H,2-3,6-8H2,1H3,(H,17,18). The van der Waals surface area contributed by atoms with Crippen molar-refractivity contribution in [1.29, 1.82) is 0 Å². The number of halogens is 1. The molecule has 116 valence electrons. The number of rotatable bonds is 3. The van der Waals surface area contributed by atoms with Gasteiger partial charge in [0.15, 0.2) is 0 Å². The van der Waals surface area contributed by atoms with Crippen molar-refractivity contribution < 1.29 is 18.3 Å². The Balaban J connectivity index is 2.39. The molecule has 1 aromatic rings. The summed E-state index contributed by atoms with van der Waals surface area (Å²) < 4.78 is 27.3. The Bertz CT molecular complexity index is 644. The molecule has 5 nitrogen and oxygen atoms in total. The van der Waals surface area contributed by atoms with Gasteiger partial charge in [-0.15, -0.1) is 0 Å². The van der Waals surface area contributed by atoms with Crippen LogP contribution in [0.5, 0.6) is 0 Å². The molecule has 21 heavy (non-hydrogen) atoms. The number of hydrogen-bond donors (Lipinski definition) is 1. The molecule has 1 unspecified atom stereocenters. The molecular formula is C14H18BrNO4S. The van der Waals surface area contributed by atoms with Gasteiger partial charge in [-0.05, 0) is 59.3 Å². The minimum absolute atomic E-state index is 0.0250. The summed E-state index contributed by atoms with van der Waals surface area (Å²) in [6.45, 7) is 3.08. The zero-order chi connectivity index (χ0) is 15.6. The highest BCUT2D eigenvalue weighted by Crippen LogP contribution is 2.28. The number of carbonyl (C=O) groups is 1. The van der Waals surface area contributed by atoms with E-state index < -0.39 is 16.0 Å². The largest absolute Gasteiger partial charge is 0.478 e. The summed E-state index contributed by atoms with van der Waals surface area (Å²) >= 11 is 3.21. The van der Waals surface area contributed by atoms with Crippen LogP contribution in [0.15, 0.2) is 27.6 Å². The third kappa shape index (κ3) is 3.64. The van der Waals surface area contributed by atoms with Crippen LogP contribution in [-0.2, 0) is 10.0 Å². The van der Waals surface area contributed by atoms with E-state index in [0.717, 1.165) is 19.3 Å². The first-order valence-electron chi connectivity index (χ1n) is 6.85. The third-order valence-electron chi connectivity index (χ3n) is 3.77. The summed E-state index contributed by atoms with van der Waals surface area (Å²) in [4.78, 5) is 11.1. The molecule has 0 bridgehead atoms. The fraction of sp³-hybridized carbons (Fsp3) is 0.500. The second kappa shape index (κ2) is 6.46. The van der Waals surface area contributed by atoms with E-state index >= 15 is 0 Å². The summed E-state index contributed by atoms with van der Waals surface area (Å²) in [6.07, 6.45) is 2.68. The van der Waals surface area contributed by atoms with E-state index in [1.54, 1.807) is 0 Å². The molecule has 1 aromatic carbocycles. The van der Waals surface area contributed by atoms with Crippen molar-refractivity contribution in [2.75, 3.05) is 13.1 Å². The highest BCUT2D eigenvalue weighted by Gasteiger charge is 2.29. The van der Waals surface area contributed by atoms with Gasteiger partial charge in [-0.25, -0.2) is 13.2 Å². The Morgan fingerprint density at radius 2 is 2.05 bits per heavy atom. The van der Waals surface area contributed by atoms with E-state index in [4.69, 9.17) is 5.11 Å². The fourth-order valence-electron chi connectivity index (χ4n) is 2.45. The highest BCUT2D eigenvalue weighted by atomic mass is 79.9. The van der Waals surface area contributed by atoms with Gasteiger partial charge in [0.05, 0.1) is 10.5 Å². The lowest BCUT2D eigenvalue weighted by Gasteiger charge is -2.21. The van der Waals surface area contributed by atoms with E-state index in [0.29, 0.717) is 23.5 Å². The number of benzene rings is 1. The number of carboxylic acid groups (broad SMARTS) is 1. The normalized spacial score (nSPS) is 21.0. The van der Waals surface area contributed by atoms with Crippen molar-refractivity contribution >= 4 is 31.9 Å². The molecule has 1 aliphatic heterocycles. The van der Waals surface area contributed by atoms with Gasteiger partial charge < -0.3 is 5.11 Å². The van der Waals surface area contributed by atoms with E-state index in [2.05, 4.69) is 22.9 Å². The summed E-state index contributed by atoms with van der Waals surface area (Å²) in [5.41, 5.74) is -0.0278. The Hall–Kier alpha value is -0.920. The Morgan fingerprint density at radius 1 is 1.33 bits per heavy atom. The Morgan fingerprint density at radius 3 is 2.71 bits per heavy atom. The van der Waals surface area contributed by atoms with Crippen LogP contribution in [0.3, 0.4) is 0 Å². The molecule has 1 heterocycles. The van der Waals surface area contributed by atoms with E-state index in [1.807, 2.05) is 0 Å². The average Bonchev–Trinajstić information content (AvgIpc) is 2.64. The summed E-state index contributed by atoms with van der Waals surface area (Å²) in [6, 6.07) is 4.07. The van der Waals surface area contributed by atoms with Gasteiger partial charge in [-0.2, -0.15) is 4.31 Å². The maximum absolute atomic E-state index is 12.7. The zero-order valence-electron chi connectivity index (χ0n) is 11.8. The van der Waals surface area contributed by atoms with Gasteiger partial charge in [0.1, 0.15) is 0 Å². The number of hydrogen-bond acceptors (Lipinski definition) is 3. The first kappa shape index (κ1) is 16.5.